The second-order valence-corrected chi connectivity index (χ2v) is 5.92. The minimum Gasteiger partial charge on any atom is -0.444 e. The van der Waals surface area contributed by atoms with E-state index in [0.717, 1.165) is 6.42 Å². The first-order valence-corrected chi connectivity index (χ1v) is 6.21. The third kappa shape index (κ3) is 3.09. The molecule has 1 amide bonds. The smallest absolute Gasteiger partial charge is 0.410 e. The summed E-state index contributed by atoms with van der Waals surface area (Å²) in [6.07, 6.45) is -0.00529. The van der Waals surface area contributed by atoms with E-state index in [4.69, 9.17) is 4.74 Å². The van der Waals surface area contributed by atoms with Gasteiger partial charge in [-0.3, -0.25) is 4.90 Å². The van der Waals surface area contributed by atoms with E-state index in [-0.39, 0.29) is 6.09 Å². The highest BCUT2D eigenvalue weighted by atomic mass is 19.1. The van der Waals surface area contributed by atoms with Crippen molar-refractivity contribution in [2.75, 3.05) is 26.2 Å². The van der Waals surface area contributed by atoms with Crippen molar-refractivity contribution in [3.8, 4) is 0 Å². The minimum absolute atomic E-state index is 0.252. The van der Waals surface area contributed by atoms with Gasteiger partial charge in [0, 0.05) is 32.2 Å². The Labute approximate surface area is 102 Å². The number of hydrogen-bond acceptors (Lipinski definition) is 3. The van der Waals surface area contributed by atoms with Gasteiger partial charge in [0.1, 0.15) is 11.8 Å². The Morgan fingerprint density at radius 2 is 1.94 bits per heavy atom. The van der Waals surface area contributed by atoms with Crippen LogP contribution in [0.4, 0.5) is 9.18 Å². The second kappa shape index (κ2) is 4.44. The van der Waals surface area contributed by atoms with E-state index < -0.39 is 11.8 Å². The first-order valence-electron chi connectivity index (χ1n) is 6.21. The highest BCUT2D eigenvalue weighted by Gasteiger charge is 2.38. The quantitative estimate of drug-likeness (QED) is 0.703. The number of alkyl halides is 1. The third-order valence-electron chi connectivity index (χ3n) is 3.20. The van der Waals surface area contributed by atoms with Crippen LogP contribution in [0.3, 0.4) is 0 Å². The molecule has 98 valence electrons. The Balaban J connectivity index is 1.79. The molecule has 0 spiro atoms. The highest BCUT2D eigenvalue weighted by molar-refractivity contribution is 5.68. The number of carbonyl (C=O) groups excluding carboxylic acids is 1. The van der Waals surface area contributed by atoms with E-state index in [1.54, 1.807) is 4.90 Å². The van der Waals surface area contributed by atoms with Crippen molar-refractivity contribution < 1.29 is 13.9 Å². The van der Waals surface area contributed by atoms with Gasteiger partial charge in [0.05, 0.1) is 0 Å². The Morgan fingerprint density at radius 1 is 1.29 bits per heavy atom. The van der Waals surface area contributed by atoms with Crippen LogP contribution in [0.2, 0.25) is 0 Å². The molecule has 0 aromatic rings. The van der Waals surface area contributed by atoms with Gasteiger partial charge in [-0.25, -0.2) is 9.18 Å². The zero-order chi connectivity index (χ0) is 12.6. The Kier molecular flexibility index (Phi) is 3.30. The topological polar surface area (TPSA) is 32.8 Å². The first-order chi connectivity index (χ1) is 7.85. The van der Waals surface area contributed by atoms with E-state index in [1.807, 2.05) is 20.8 Å². The molecule has 2 fully saturated rings. The first kappa shape index (κ1) is 12.6. The zero-order valence-electron chi connectivity index (χ0n) is 10.8. The van der Waals surface area contributed by atoms with Gasteiger partial charge in [0.25, 0.3) is 0 Å². The standard InChI is InChI=1S/C12H21FN2O2/c1-12(2,3)17-11(16)14-5-4-10(8-14)15-6-9(13)7-15/h9-10H,4-8H2,1-3H3. The highest BCUT2D eigenvalue weighted by Crippen LogP contribution is 2.23. The average Bonchev–Trinajstić information content (AvgIpc) is 2.58. The lowest BCUT2D eigenvalue weighted by atomic mass is 10.1. The number of likely N-dealkylation sites (tertiary alicyclic amines) is 2. The van der Waals surface area contributed by atoms with Crippen LogP contribution in [0.1, 0.15) is 27.2 Å². The number of nitrogens with zero attached hydrogens (tertiary/aromatic N) is 2. The van der Waals surface area contributed by atoms with E-state index >= 15 is 0 Å². The van der Waals surface area contributed by atoms with Crippen molar-refractivity contribution in [2.45, 2.75) is 45.0 Å². The summed E-state index contributed by atoms with van der Waals surface area (Å²) in [4.78, 5) is 15.6. The lowest BCUT2D eigenvalue weighted by Crippen LogP contribution is -2.54. The van der Waals surface area contributed by atoms with Crippen molar-refractivity contribution >= 4 is 6.09 Å². The van der Waals surface area contributed by atoms with Gasteiger partial charge in [-0.1, -0.05) is 0 Å². The molecule has 0 bridgehead atoms. The molecule has 4 nitrogen and oxygen atoms in total. The lowest BCUT2D eigenvalue weighted by Gasteiger charge is -2.38. The van der Waals surface area contributed by atoms with Crippen LogP contribution < -0.4 is 0 Å². The summed E-state index contributed by atoms with van der Waals surface area (Å²) < 4.78 is 18.1. The minimum atomic E-state index is -0.675. The molecule has 0 aliphatic carbocycles. The lowest BCUT2D eigenvalue weighted by molar-refractivity contribution is 0.0174. The summed E-state index contributed by atoms with van der Waals surface area (Å²) in [5, 5.41) is 0. The molecule has 2 saturated heterocycles. The molecule has 2 aliphatic heterocycles. The fraction of sp³-hybridized carbons (Fsp3) is 0.917. The van der Waals surface area contributed by atoms with Crippen molar-refractivity contribution in [1.29, 1.82) is 0 Å². The SMILES string of the molecule is CC(C)(C)OC(=O)N1CCC(N2CC(F)C2)C1. The number of amides is 1. The molecule has 0 aromatic carbocycles. The van der Waals surface area contributed by atoms with Crippen LogP contribution >= 0.6 is 0 Å². The number of rotatable bonds is 1. The van der Waals surface area contributed by atoms with Crippen LogP contribution in [0, 0.1) is 0 Å². The molecule has 2 rings (SSSR count). The summed E-state index contributed by atoms with van der Waals surface area (Å²) in [6, 6.07) is 0.314. The summed E-state index contributed by atoms with van der Waals surface area (Å²) in [6.45, 7) is 8.01. The van der Waals surface area contributed by atoms with Crippen LogP contribution in [0.15, 0.2) is 0 Å². The van der Waals surface area contributed by atoms with E-state index in [9.17, 15) is 9.18 Å². The van der Waals surface area contributed by atoms with Crippen molar-refractivity contribution in [2.24, 2.45) is 0 Å². The summed E-state index contributed by atoms with van der Waals surface area (Å²) in [5.74, 6) is 0. The molecule has 1 unspecified atom stereocenters. The normalized spacial score (nSPS) is 27.1. The van der Waals surface area contributed by atoms with E-state index in [0.29, 0.717) is 32.2 Å². The zero-order valence-corrected chi connectivity index (χ0v) is 10.8. The molecule has 2 heterocycles. The molecule has 0 saturated carbocycles. The van der Waals surface area contributed by atoms with Crippen LogP contribution in [-0.4, -0.2) is 59.9 Å². The maximum absolute atomic E-state index is 12.8. The molecule has 5 heteroatoms. The summed E-state index contributed by atoms with van der Waals surface area (Å²) >= 11 is 0. The van der Waals surface area contributed by atoms with E-state index in [1.165, 1.54) is 0 Å². The fourth-order valence-electron chi connectivity index (χ4n) is 2.29. The summed E-state index contributed by atoms with van der Waals surface area (Å²) in [7, 11) is 0. The Morgan fingerprint density at radius 3 is 2.47 bits per heavy atom. The van der Waals surface area contributed by atoms with Crippen LogP contribution in [0.5, 0.6) is 0 Å². The largest absolute Gasteiger partial charge is 0.444 e. The average molecular weight is 244 g/mol. The molecular formula is C12H21FN2O2. The van der Waals surface area contributed by atoms with Crippen molar-refractivity contribution in [1.82, 2.24) is 9.80 Å². The molecule has 0 radical (unpaired) electrons. The summed E-state index contributed by atoms with van der Waals surface area (Å²) in [5.41, 5.74) is -0.448. The van der Waals surface area contributed by atoms with Gasteiger partial charge in [0.15, 0.2) is 0 Å². The predicted molar refractivity (Wildman–Crippen MR) is 62.7 cm³/mol. The Bertz CT molecular complexity index is 297. The van der Waals surface area contributed by atoms with Gasteiger partial charge in [-0.05, 0) is 27.2 Å². The molecule has 1 atom stereocenters. The van der Waals surface area contributed by atoms with Gasteiger partial charge in [0.2, 0.25) is 0 Å². The molecule has 0 N–H and O–H groups in total. The van der Waals surface area contributed by atoms with Crippen LogP contribution in [-0.2, 0) is 4.74 Å². The number of hydrogen-bond donors (Lipinski definition) is 0. The fourth-order valence-corrected chi connectivity index (χ4v) is 2.29. The van der Waals surface area contributed by atoms with Gasteiger partial charge < -0.3 is 9.64 Å². The maximum atomic E-state index is 12.8. The maximum Gasteiger partial charge on any atom is 0.410 e. The Hall–Kier alpha value is -0.840. The number of ether oxygens (including phenoxy) is 1. The van der Waals surface area contributed by atoms with Crippen molar-refractivity contribution in [3.05, 3.63) is 0 Å². The van der Waals surface area contributed by atoms with Gasteiger partial charge in [-0.15, -0.1) is 0 Å². The number of carbonyl (C=O) groups is 1. The van der Waals surface area contributed by atoms with Crippen molar-refractivity contribution in [3.63, 3.8) is 0 Å². The molecular weight excluding hydrogens is 223 g/mol. The molecule has 0 aromatic heterocycles. The monoisotopic (exact) mass is 244 g/mol. The van der Waals surface area contributed by atoms with Gasteiger partial charge in [-0.2, -0.15) is 0 Å². The van der Waals surface area contributed by atoms with E-state index in [2.05, 4.69) is 4.90 Å². The second-order valence-electron chi connectivity index (χ2n) is 5.92. The van der Waals surface area contributed by atoms with Gasteiger partial charge >= 0.3 is 6.09 Å². The third-order valence-corrected chi connectivity index (χ3v) is 3.20. The number of halogens is 1. The predicted octanol–water partition coefficient (Wildman–Crippen LogP) is 1.65. The van der Waals surface area contributed by atoms with Crippen LogP contribution in [0.25, 0.3) is 0 Å². The molecule has 17 heavy (non-hydrogen) atoms. The molecule has 2 aliphatic rings.